The number of thioether (sulfide) groups is 1. The average Bonchev–Trinajstić information content (AvgIpc) is 3.05. The first-order valence-electron chi connectivity index (χ1n) is 7.80. The Kier molecular flexibility index (Phi) is 5.64. The van der Waals surface area contributed by atoms with E-state index in [4.69, 9.17) is 0 Å². The van der Waals surface area contributed by atoms with E-state index in [2.05, 4.69) is 33.7 Å². The molecule has 3 rings (SSSR count). The van der Waals surface area contributed by atoms with Crippen molar-refractivity contribution in [3.8, 4) is 0 Å². The molecular weight excluding hydrogens is 332 g/mol. The van der Waals surface area contributed by atoms with E-state index in [9.17, 15) is 4.79 Å². The Hall–Kier alpha value is -2.86. The lowest BCUT2D eigenvalue weighted by Crippen LogP contribution is -2.14. The molecule has 5 nitrogen and oxygen atoms in total. The first-order valence-corrected chi connectivity index (χ1v) is 8.79. The molecule has 0 saturated carbocycles. The summed E-state index contributed by atoms with van der Waals surface area (Å²) in [4.78, 5) is 12.0. The topological polar surface area (TPSA) is 59.8 Å². The molecule has 0 fully saturated rings. The Morgan fingerprint density at radius 3 is 2.40 bits per heavy atom. The molecule has 126 valence electrons. The molecule has 0 atom stereocenters. The maximum absolute atomic E-state index is 12.0. The Balaban J connectivity index is 1.52. The van der Waals surface area contributed by atoms with E-state index in [-0.39, 0.29) is 5.91 Å². The molecule has 0 aliphatic carbocycles. The van der Waals surface area contributed by atoms with Crippen LogP contribution in [0.1, 0.15) is 11.1 Å². The number of nitrogens with one attached hydrogen (secondary N) is 1. The highest BCUT2D eigenvalue weighted by molar-refractivity contribution is 7.99. The van der Waals surface area contributed by atoms with Crippen LogP contribution < -0.4 is 5.32 Å². The van der Waals surface area contributed by atoms with Crippen LogP contribution >= 0.6 is 11.8 Å². The molecule has 0 radical (unpaired) electrons. The molecule has 0 bridgehead atoms. The third kappa shape index (κ3) is 5.06. The largest absolute Gasteiger partial charge is 0.325 e. The van der Waals surface area contributed by atoms with Gasteiger partial charge in [-0.25, -0.2) is 0 Å². The smallest absolute Gasteiger partial charge is 0.234 e. The van der Waals surface area contributed by atoms with Crippen molar-refractivity contribution >= 4 is 35.5 Å². The zero-order valence-electron chi connectivity index (χ0n) is 13.8. The number of hydrogen-bond acceptors (Lipinski definition) is 4. The number of aryl methyl sites for hydroxylation is 1. The molecule has 2 aromatic carbocycles. The fraction of sp³-hybridized carbons (Fsp3) is 0.105. The van der Waals surface area contributed by atoms with Gasteiger partial charge in [-0.05, 0) is 23.3 Å². The van der Waals surface area contributed by atoms with Crippen LogP contribution in [0.3, 0.4) is 0 Å². The maximum atomic E-state index is 12.0. The highest BCUT2D eigenvalue weighted by Gasteiger charge is 2.07. The second-order valence-electron chi connectivity index (χ2n) is 5.43. The van der Waals surface area contributed by atoms with E-state index in [0.717, 1.165) is 22.0 Å². The summed E-state index contributed by atoms with van der Waals surface area (Å²) in [5.74, 6) is 0.225. The van der Waals surface area contributed by atoms with Gasteiger partial charge < -0.3 is 9.88 Å². The van der Waals surface area contributed by atoms with Crippen molar-refractivity contribution in [3.05, 3.63) is 72.1 Å². The highest BCUT2D eigenvalue weighted by atomic mass is 32.2. The fourth-order valence-corrected chi connectivity index (χ4v) is 2.85. The molecule has 0 aliphatic heterocycles. The van der Waals surface area contributed by atoms with E-state index in [0.29, 0.717) is 5.75 Å². The molecule has 1 aromatic heterocycles. The SMILES string of the molecule is Cn1cnnc1SCC(=O)Nc1ccc(/C=C/c2ccccc2)cc1. The number of carbonyl (C=O) groups excluding carboxylic acids is 1. The number of benzene rings is 2. The normalized spacial score (nSPS) is 10.9. The molecule has 25 heavy (non-hydrogen) atoms. The molecule has 0 saturated heterocycles. The Morgan fingerprint density at radius 1 is 1.08 bits per heavy atom. The second kappa shape index (κ2) is 8.30. The number of anilines is 1. The van der Waals surface area contributed by atoms with Crippen molar-refractivity contribution in [2.45, 2.75) is 5.16 Å². The minimum atomic E-state index is -0.0689. The molecule has 0 spiro atoms. The summed E-state index contributed by atoms with van der Waals surface area (Å²) >= 11 is 1.36. The van der Waals surface area contributed by atoms with Crippen LogP contribution in [0.5, 0.6) is 0 Å². The molecule has 1 N–H and O–H groups in total. The van der Waals surface area contributed by atoms with Crippen molar-refractivity contribution in [2.75, 3.05) is 11.1 Å². The first-order chi connectivity index (χ1) is 12.2. The van der Waals surface area contributed by atoms with Crippen LogP contribution in [0.2, 0.25) is 0 Å². The van der Waals surface area contributed by atoms with Crippen LogP contribution in [-0.2, 0) is 11.8 Å². The number of nitrogens with zero attached hydrogens (tertiary/aromatic N) is 3. The summed E-state index contributed by atoms with van der Waals surface area (Å²) in [5.41, 5.74) is 3.01. The van der Waals surface area contributed by atoms with E-state index in [1.54, 1.807) is 10.9 Å². The van der Waals surface area contributed by atoms with E-state index >= 15 is 0 Å². The number of hydrogen-bond donors (Lipinski definition) is 1. The van der Waals surface area contributed by atoms with Crippen LogP contribution in [0, 0.1) is 0 Å². The van der Waals surface area contributed by atoms with E-state index in [1.807, 2.05) is 55.6 Å². The van der Waals surface area contributed by atoms with E-state index in [1.165, 1.54) is 11.8 Å². The minimum Gasteiger partial charge on any atom is -0.325 e. The van der Waals surface area contributed by atoms with Gasteiger partial charge in [0.05, 0.1) is 5.75 Å². The lowest BCUT2D eigenvalue weighted by molar-refractivity contribution is -0.113. The standard InChI is InChI=1S/C19H18N4OS/c1-23-14-20-22-19(23)25-13-18(24)21-17-11-9-16(10-12-17)8-7-15-5-3-2-4-6-15/h2-12,14H,13H2,1H3,(H,21,24)/b8-7+. The molecule has 3 aromatic rings. The van der Waals surface area contributed by atoms with Gasteiger partial charge >= 0.3 is 0 Å². The molecular formula is C19H18N4OS. The second-order valence-corrected chi connectivity index (χ2v) is 6.37. The van der Waals surface area contributed by atoms with E-state index < -0.39 is 0 Å². The number of amides is 1. The summed E-state index contributed by atoms with van der Waals surface area (Å²) in [6.07, 6.45) is 5.72. The lowest BCUT2D eigenvalue weighted by Gasteiger charge is -2.05. The van der Waals surface area contributed by atoms with Gasteiger partial charge in [-0.15, -0.1) is 10.2 Å². The third-order valence-corrected chi connectivity index (χ3v) is 4.50. The molecule has 1 amide bonds. The van der Waals surface area contributed by atoms with Crippen LogP contribution in [-0.4, -0.2) is 26.4 Å². The zero-order valence-corrected chi connectivity index (χ0v) is 14.6. The quantitative estimate of drug-likeness (QED) is 0.544. The van der Waals surface area contributed by atoms with Gasteiger partial charge in [0.15, 0.2) is 5.16 Å². The third-order valence-electron chi connectivity index (χ3n) is 3.46. The van der Waals surface area contributed by atoms with Gasteiger partial charge in [0.25, 0.3) is 0 Å². The van der Waals surface area contributed by atoms with Gasteiger partial charge in [-0.2, -0.15) is 0 Å². The van der Waals surface area contributed by atoms with Crippen LogP contribution in [0.15, 0.2) is 66.1 Å². The Morgan fingerprint density at radius 2 is 1.76 bits per heavy atom. The molecule has 0 unspecified atom stereocenters. The van der Waals surface area contributed by atoms with Crippen LogP contribution in [0.4, 0.5) is 5.69 Å². The fourth-order valence-electron chi connectivity index (χ4n) is 2.16. The molecule has 1 heterocycles. The maximum Gasteiger partial charge on any atom is 0.234 e. The van der Waals surface area contributed by atoms with Crippen molar-refractivity contribution in [2.24, 2.45) is 7.05 Å². The monoisotopic (exact) mass is 350 g/mol. The van der Waals surface area contributed by atoms with Crippen molar-refractivity contribution in [3.63, 3.8) is 0 Å². The van der Waals surface area contributed by atoms with Crippen LogP contribution in [0.25, 0.3) is 12.2 Å². The summed E-state index contributed by atoms with van der Waals surface area (Å²) in [7, 11) is 1.85. The van der Waals surface area contributed by atoms with Gasteiger partial charge in [0.1, 0.15) is 6.33 Å². The number of carbonyl (C=O) groups is 1. The van der Waals surface area contributed by atoms with Gasteiger partial charge in [-0.3, -0.25) is 4.79 Å². The number of rotatable bonds is 6. The molecule has 0 aliphatic rings. The first kappa shape index (κ1) is 17.0. The summed E-state index contributed by atoms with van der Waals surface area (Å²) in [6.45, 7) is 0. The van der Waals surface area contributed by atoms with Crippen molar-refractivity contribution in [1.29, 1.82) is 0 Å². The Labute approximate surface area is 150 Å². The lowest BCUT2D eigenvalue weighted by atomic mass is 10.1. The predicted octanol–water partition coefficient (Wildman–Crippen LogP) is 3.72. The zero-order chi connectivity index (χ0) is 17.5. The van der Waals surface area contributed by atoms with Crippen molar-refractivity contribution in [1.82, 2.24) is 14.8 Å². The van der Waals surface area contributed by atoms with Crippen molar-refractivity contribution < 1.29 is 4.79 Å². The van der Waals surface area contributed by atoms with Gasteiger partial charge in [0, 0.05) is 12.7 Å². The van der Waals surface area contributed by atoms with Gasteiger partial charge in [-0.1, -0.05) is 66.4 Å². The summed E-state index contributed by atoms with van der Waals surface area (Å²) in [5, 5.41) is 11.3. The molecule has 6 heteroatoms. The number of aromatic nitrogens is 3. The summed E-state index contributed by atoms with van der Waals surface area (Å²) < 4.78 is 1.78. The highest BCUT2D eigenvalue weighted by Crippen LogP contribution is 2.16. The predicted molar refractivity (Wildman–Crippen MR) is 102 cm³/mol. The summed E-state index contributed by atoms with van der Waals surface area (Å²) in [6, 6.07) is 17.9. The Bertz CT molecular complexity index is 857. The average molecular weight is 350 g/mol. The minimum absolute atomic E-state index is 0.0689. The van der Waals surface area contributed by atoms with Gasteiger partial charge in [0.2, 0.25) is 5.91 Å².